The number of halogens is 1. The first kappa shape index (κ1) is 21.4. The molecule has 1 aromatic heterocycles. The van der Waals surface area contributed by atoms with Crippen LogP contribution in [0.25, 0.3) is 0 Å². The fraction of sp³-hybridized carbons (Fsp3) is 0.150. The number of nitrogens with one attached hydrogen (secondary N) is 2. The Bertz CT molecular complexity index is 1080. The molecule has 0 unspecified atom stereocenters. The van der Waals surface area contributed by atoms with Crippen molar-refractivity contribution < 1.29 is 17.9 Å². The van der Waals surface area contributed by atoms with Crippen molar-refractivity contribution in [2.24, 2.45) is 0 Å². The van der Waals surface area contributed by atoms with Crippen LogP contribution in [0.1, 0.15) is 11.3 Å². The van der Waals surface area contributed by atoms with Gasteiger partial charge in [-0.1, -0.05) is 22.0 Å². The number of sulfonamides is 1. The molecule has 0 radical (unpaired) electrons. The minimum atomic E-state index is -3.91. The molecular weight excluding hydrogens is 476 g/mol. The van der Waals surface area contributed by atoms with Gasteiger partial charge in [-0.15, -0.1) is 11.3 Å². The van der Waals surface area contributed by atoms with Crippen LogP contribution in [0.3, 0.4) is 0 Å². The molecule has 0 bridgehead atoms. The Morgan fingerprint density at radius 1 is 1.10 bits per heavy atom. The zero-order valence-electron chi connectivity index (χ0n) is 15.5. The fourth-order valence-electron chi connectivity index (χ4n) is 2.61. The standard InChI is InChI=1S/C20H19BrN2O4S2/c1-27-18-10-8-16(22-20(24)11-9-17-3-2-12-28-17)13-19(18)29(25,26)23-15-6-4-14(21)5-7-15/h2-8,10,12-13,23H,9,11H2,1H3,(H,22,24). The maximum absolute atomic E-state index is 12.9. The van der Waals surface area contributed by atoms with Crippen LogP contribution < -0.4 is 14.8 Å². The third kappa shape index (κ3) is 5.81. The van der Waals surface area contributed by atoms with Crippen molar-refractivity contribution in [1.82, 2.24) is 0 Å². The predicted molar refractivity (Wildman–Crippen MR) is 119 cm³/mol. The van der Waals surface area contributed by atoms with Crippen molar-refractivity contribution in [3.8, 4) is 5.75 Å². The van der Waals surface area contributed by atoms with Gasteiger partial charge < -0.3 is 10.1 Å². The maximum atomic E-state index is 12.9. The van der Waals surface area contributed by atoms with Gasteiger partial charge in [0.15, 0.2) is 0 Å². The highest BCUT2D eigenvalue weighted by Crippen LogP contribution is 2.29. The molecule has 0 atom stereocenters. The summed E-state index contributed by atoms with van der Waals surface area (Å²) in [5.41, 5.74) is 0.804. The number of hydrogen-bond donors (Lipinski definition) is 2. The van der Waals surface area contributed by atoms with Crippen LogP contribution in [-0.2, 0) is 21.2 Å². The van der Waals surface area contributed by atoms with E-state index in [4.69, 9.17) is 4.74 Å². The lowest BCUT2D eigenvalue weighted by atomic mass is 10.2. The van der Waals surface area contributed by atoms with E-state index in [1.54, 1.807) is 41.7 Å². The van der Waals surface area contributed by atoms with Gasteiger partial charge in [-0.05, 0) is 60.3 Å². The maximum Gasteiger partial charge on any atom is 0.265 e. The van der Waals surface area contributed by atoms with Gasteiger partial charge in [0.05, 0.1) is 7.11 Å². The third-order valence-electron chi connectivity index (χ3n) is 4.01. The van der Waals surface area contributed by atoms with E-state index in [1.165, 1.54) is 19.2 Å². The number of aryl methyl sites for hydroxylation is 1. The normalized spacial score (nSPS) is 11.1. The number of rotatable bonds is 8. The van der Waals surface area contributed by atoms with Gasteiger partial charge in [-0.25, -0.2) is 8.42 Å². The lowest BCUT2D eigenvalue weighted by molar-refractivity contribution is -0.116. The molecule has 3 rings (SSSR count). The topological polar surface area (TPSA) is 84.5 Å². The van der Waals surface area contributed by atoms with Crippen molar-refractivity contribution in [3.05, 3.63) is 69.3 Å². The molecule has 9 heteroatoms. The van der Waals surface area contributed by atoms with Crippen LogP contribution in [0.4, 0.5) is 11.4 Å². The second-order valence-electron chi connectivity index (χ2n) is 6.11. The highest BCUT2D eigenvalue weighted by atomic mass is 79.9. The van der Waals surface area contributed by atoms with Gasteiger partial charge in [0.2, 0.25) is 5.91 Å². The van der Waals surface area contributed by atoms with Crippen molar-refractivity contribution >= 4 is 54.6 Å². The average Bonchev–Trinajstić information content (AvgIpc) is 3.22. The van der Waals surface area contributed by atoms with Crippen LogP contribution in [-0.4, -0.2) is 21.4 Å². The molecule has 0 aliphatic heterocycles. The molecule has 2 aromatic carbocycles. The van der Waals surface area contributed by atoms with E-state index in [1.807, 2.05) is 17.5 Å². The number of carbonyl (C=O) groups excluding carboxylic acids is 1. The second kappa shape index (κ2) is 9.43. The van der Waals surface area contributed by atoms with Crippen LogP contribution in [0.15, 0.2) is 69.3 Å². The first-order chi connectivity index (χ1) is 13.9. The summed E-state index contributed by atoms with van der Waals surface area (Å²) >= 11 is 4.91. The zero-order valence-corrected chi connectivity index (χ0v) is 18.7. The van der Waals surface area contributed by atoms with E-state index in [-0.39, 0.29) is 16.6 Å². The first-order valence-electron chi connectivity index (χ1n) is 8.66. The van der Waals surface area contributed by atoms with Crippen LogP contribution in [0.5, 0.6) is 5.75 Å². The summed E-state index contributed by atoms with van der Waals surface area (Å²) in [5.74, 6) is -0.000945. The van der Waals surface area contributed by atoms with E-state index < -0.39 is 10.0 Å². The lowest BCUT2D eigenvalue weighted by Gasteiger charge is -2.14. The number of hydrogen-bond acceptors (Lipinski definition) is 5. The predicted octanol–water partition coefficient (Wildman–Crippen LogP) is 4.89. The summed E-state index contributed by atoms with van der Waals surface area (Å²) in [6.45, 7) is 0. The molecule has 0 spiro atoms. The molecule has 6 nitrogen and oxygen atoms in total. The number of methoxy groups -OCH3 is 1. The summed E-state index contributed by atoms with van der Waals surface area (Å²) < 4.78 is 34.3. The first-order valence-corrected chi connectivity index (χ1v) is 11.8. The Kier molecular flexibility index (Phi) is 6.94. The fourth-order valence-corrected chi connectivity index (χ4v) is 4.84. The molecule has 0 aliphatic carbocycles. The number of anilines is 2. The number of carbonyl (C=O) groups is 1. The largest absolute Gasteiger partial charge is 0.495 e. The van der Waals surface area contributed by atoms with Gasteiger partial charge >= 0.3 is 0 Å². The van der Waals surface area contributed by atoms with Crippen molar-refractivity contribution in [2.75, 3.05) is 17.1 Å². The van der Waals surface area contributed by atoms with E-state index in [2.05, 4.69) is 26.0 Å². The van der Waals surface area contributed by atoms with Gasteiger partial charge in [0.25, 0.3) is 10.0 Å². The van der Waals surface area contributed by atoms with E-state index in [0.29, 0.717) is 24.2 Å². The number of ether oxygens (including phenoxy) is 1. The van der Waals surface area contributed by atoms with Crippen molar-refractivity contribution in [2.45, 2.75) is 17.7 Å². The van der Waals surface area contributed by atoms with Crippen LogP contribution >= 0.6 is 27.3 Å². The molecule has 29 heavy (non-hydrogen) atoms. The quantitative estimate of drug-likeness (QED) is 0.466. The number of amides is 1. The average molecular weight is 495 g/mol. The Morgan fingerprint density at radius 3 is 2.48 bits per heavy atom. The summed E-state index contributed by atoms with van der Waals surface area (Å²) in [5, 5.41) is 4.72. The Hall–Kier alpha value is -2.36. The molecule has 0 saturated heterocycles. The minimum absolute atomic E-state index is 0.0565. The summed E-state index contributed by atoms with van der Waals surface area (Å²) in [4.78, 5) is 13.3. The summed E-state index contributed by atoms with van der Waals surface area (Å²) in [7, 11) is -2.52. The molecule has 2 N–H and O–H groups in total. The van der Waals surface area contributed by atoms with Crippen molar-refractivity contribution in [3.63, 3.8) is 0 Å². The smallest absolute Gasteiger partial charge is 0.265 e. The van der Waals surface area contributed by atoms with E-state index in [9.17, 15) is 13.2 Å². The number of benzene rings is 2. The Morgan fingerprint density at radius 2 is 1.83 bits per heavy atom. The summed E-state index contributed by atoms with van der Waals surface area (Å²) in [6, 6.07) is 15.2. The minimum Gasteiger partial charge on any atom is -0.495 e. The van der Waals surface area contributed by atoms with Gasteiger partial charge in [-0.2, -0.15) is 0 Å². The molecule has 1 amide bonds. The van der Waals surface area contributed by atoms with Gasteiger partial charge in [0.1, 0.15) is 10.6 Å². The monoisotopic (exact) mass is 494 g/mol. The summed E-state index contributed by atoms with van der Waals surface area (Å²) in [6.07, 6.45) is 0.946. The second-order valence-corrected chi connectivity index (χ2v) is 9.70. The number of thiophene rings is 1. The third-order valence-corrected chi connectivity index (χ3v) is 6.88. The lowest BCUT2D eigenvalue weighted by Crippen LogP contribution is -2.16. The van der Waals surface area contributed by atoms with Gasteiger partial charge in [0, 0.05) is 27.1 Å². The van der Waals surface area contributed by atoms with E-state index >= 15 is 0 Å². The SMILES string of the molecule is COc1ccc(NC(=O)CCc2cccs2)cc1S(=O)(=O)Nc1ccc(Br)cc1. The van der Waals surface area contributed by atoms with Crippen LogP contribution in [0.2, 0.25) is 0 Å². The van der Waals surface area contributed by atoms with E-state index in [0.717, 1.165) is 9.35 Å². The highest BCUT2D eigenvalue weighted by Gasteiger charge is 2.21. The van der Waals surface area contributed by atoms with Crippen LogP contribution in [0, 0.1) is 0 Å². The molecule has 0 saturated carbocycles. The van der Waals surface area contributed by atoms with Crippen molar-refractivity contribution in [1.29, 1.82) is 0 Å². The molecule has 1 heterocycles. The Balaban J connectivity index is 1.76. The molecular formula is C20H19BrN2O4S2. The highest BCUT2D eigenvalue weighted by molar-refractivity contribution is 9.10. The molecule has 0 aliphatic rings. The van der Waals surface area contributed by atoms with Gasteiger partial charge in [-0.3, -0.25) is 9.52 Å². The zero-order chi connectivity index (χ0) is 20.9. The molecule has 3 aromatic rings. The Labute approximate surface area is 182 Å². The molecule has 0 fully saturated rings. The molecule has 152 valence electrons.